The Morgan fingerprint density at radius 2 is 1.75 bits per heavy atom. The summed E-state index contributed by atoms with van der Waals surface area (Å²) in [6.45, 7) is 5.69. The number of phenolic OH excluding ortho intramolecular Hbond substituents is 1. The van der Waals surface area contributed by atoms with Gasteiger partial charge >= 0.3 is 0 Å². The van der Waals surface area contributed by atoms with E-state index in [9.17, 15) is 10.0 Å². The Labute approximate surface area is 93.7 Å². The van der Waals surface area contributed by atoms with Gasteiger partial charge in [0, 0.05) is 5.39 Å². The van der Waals surface area contributed by atoms with E-state index in [-0.39, 0.29) is 0 Å². The molecule has 0 unspecified atom stereocenters. The quantitative estimate of drug-likeness (QED) is 0.734. The van der Waals surface area contributed by atoms with Crippen molar-refractivity contribution in [2.24, 2.45) is 5.18 Å². The maximum atomic E-state index is 10.5. The zero-order valence-electron chi connectivity index (χ0n) is 9.53. The normalized spacial score (nSPS) is 10.7. The molecule has 2 aromatic rings. The van der Waals surface area contributed by atoms with Gasteiger partial charge in [-0.05, 0) is 60.2 Å². The van der Waals surface area contributed by atoms with E-state index in [4.69, 9.17) is 0 Å². The third kappa shape index (κ3) is 1.45. The van der Waals surface area contributed by atoms with E-state index < -0.39 is 0 Å². The fourth-order valence-corrected chi connectivity index (χ4v) is 2.00. The van der Waals surface area contributed by atoms with E-state index in [1.807, 2.05) is 26.8 Å². The molecule has 1 N–H and O–H groups in total. The van der Waals surface area contributed by atoms with Crippen molar-refractivity contribution in [2.45, 2.75) is 20.8 Å². The molecule has 2 rings (SSSR count). The monoisotopic (exact) mass is 215 g/mol. The second-order valence-electron chi connectivity index (χ2n) is 4.12. The molecular formula is C13H13NO2. The molecule has 0 heterocycles. The van der Waals surface area contributed by atoms with E-state index >= 15 is 0 Å². The van der Waals surface area contributed by atoms with Crippen LogP contribution in [0, 0.1) is 25.7 Å². The molecule has 0 saturated carbocycles. The topological polar surface area (TPSA) is 49.7 Å². The van der Waals surface area contributed by atoms with E-state index in [0.717, 1.165) is 27.5 Å². The number of nitrogens with zero attached hydrogens (tertiary/aromatic N) is 1. The Hall–Kier alpha value is -1.90. The lowest BCUT2D eigenvalue weighted by Crippen LogP contribution is -1.87. The van der Waals surface area contributed by atoms with Crippen molar-refractivity contribution in [3.63, 3.8) is 0 Å². The molecule has 0 aromatic heterocycles. The Balaban J connectivity index is 2.95. The molecule has 0 saturated heterocycles. The number of nitroso groups, excluding NO2 is 1. The molecule has 16 heavy (non-hydrogen) atoms. The molecule has 0 radical (unpaired) electrons. The summed E-state index contributed by atoms with van der Waals surface area (Å²) >= 11 is 0. The molecule has 82 valence electrons. The lowest BCUT2D eigenvalue weighted by Gasteiger charge is -2.10. The Kier molecular flexibility index (Phi) is 2.38. The zero-order chi connectivity index (χ0) is 11.9. The lowest BCUT2D eigenvalue weighted by atomic mass is 9.97. The number of aryl methyl sites for hydroxylation is 2. The summed E-state index contributed by atoms with van der Waals surface area (Å²) in [6.07, 6.45) is 0. The zero-order valence-corrected chi connectivity index (χ0v) is 9.53. The first kappa shape index (κ1) is 10.6. The van der Waals surface area contributed by atoms with Gasteiger partial charge in [0.1, 0.15) is 11.4 Å². The average molecular weight is 215 g/mol. The predicted octanol–water partition coefficient (Wildman–Crippen LogP) is 3.87. The van der Waals surface area contributed by atoms with Crippen molar-refractivity contribution in [3.05, 3.63) is 39.8 Å². The van der Waals surface area contributed by atoms with Crippen LogP contribution in [0.15, 0.2) is 23.4 Å². The second kappa shape index (κ2) is 3.59. The summed E-state index contributed by atoms with van der Waals surface area (Å²) in [4.78, 5) is 10.5. The van der Waals surface area contributed by atoms with Crippen LogP contribution in [0.2, 0.25) is 0 Å². The minimum atomic E-state index is 0.296. The summed E-state index contributed by atoms with van der Waals surface area (Å²) in [6, 6.07) is 5.34. The first-order valence-electron chi connectivity index (χ1n) is 5.11. The number of benzene rings is 2. The van der Waals surface area contributed by atoms with Gasteiger partial charge in [-0.2, -0.15) is 0 Å². The molecule has 0 spiro atoms. The van der Waals surface area contributed by atoms with Gasteiger partial charge in [-0.25, -0.2) is 0 Å². The van der Waals surface area contributed by atoms with Gasteiger partial charge in [0.05, 0.1) is 0 Å². The first-order chi connectivity index (χ1) is 7.54. The minimum Gasteiger partial charge on any atom is -0.507 e. The number of phenols is 1. The van der Waals surface area contributed by atoms with Crippen LogP contribution in [0.1, 0.15) is 16.7 Å². The minimum absolute atomic E-state index is 0.296. The van der Waals surface area contributed by atoms with Crippen LogP contribution in [-0.2, 0) is 0 Å². The lowest BCUT2D eigenvalue weighted by molar-refractivity contribution is 0.477. The van der Waals surface area contributed by atoms with E-state index in [1.54, 1.807) is 12.1 Å². The average Bonchev–Trinajstić information content (AvgIpc) is 2.25. The van der Waals surface area contributed by atoms with E-state index in [0.29, 0.717) is 11.4 Å². The van der Waals surface area contributed by atoms with Crippen LogP contribution >= 0.6 is 0 Å². The molecule has 0 amide bonds. The molecule has 0 atom stereocenters. The Morgan fingerprint density at radius 1 is 1.06 bits per heavy atom. The first-order valence-corrected chi connectivity index (χ1v) is 5.11. The number of hydrogen-bond donors (Lipinski definition) is 1. The maximum Gasteiger partial charge on any atom is 0.126 e. The summed E-state index contributed by atoms with van der Waals surface area (Å²) in [5.74, 6) is 0.296. The molecule has 3 nitrogen and oxygen atoms in total. The summed E-state index contributed by atoms with van der Waals surface area (Å²) < 4.78 is 0. The van der Waals surface area contributed by atoms with Crippen LogP contribution in [-0.4, -0.2) is 5.11 Å². The highest BCUT2D eigenvalue weighted by atomic mass is 16.3. The van der Waals surface area contributed by atoms with Crippen molar-refractivity contribution >= 4 is 16.5 Å². The van der Waals surface area contributed by atoms with Crippen molar-refractivity contribution in [3.8, 4) is 5.75 Å². The summed E-state index contributed by atoms with van der Waals surface area (Å²) in [5.41, 5.74) is 3.15. The summed E-state index contributed by atoms with van der Waals surface area (Å²) in [5, 5.41) is 14.7. The molecule has 0 fully saturated rings. The van der Waals surface area contributed by atoms with Gasteiger partial charge in [0.15, 0.2) is 0 Å². The van der Waals surface area contributed by atoms with Crippen LogP contribution in [0.25, 0.3) is 10.8 Å². The fraction of sp³-hybridized carbons (Fsp3) is 0.231. The van der Waals surface area contributed by atoms with Crippen LogP contribution < -0.4 is 0 Å². The SMILES string of the molecule is Cc1cc2cc(N=O)cc(C)c2c(O)c1C. The molecule has 0 aliphatic heterocycles. The summed E-state index contributed by atoms with van der Waals surface area (Å²) in [7, 11) is 0. The van der Waals surface area contributed by atoms with Gasteiger partial charge in [-0.15, -0.1) is 4.91 Å². The van der Waals surface area contributed by atoms with Gasteiger partial charge in [0.25, 0.3) is 0 Å². The number of fused-ring (bicyclic) bond motifs is 1. The van der Waals surface area contributed by atoms with Crippen molar-refractivity contribution in [2.75, 3.05) is 0 Å². The maximum absolute atomic E-state index is 10.5. The molecule has 3 heteroatoms. The molecular weight excluding hydrogens is 202 g/mol. The van der Waals surface area contributed by atoms with Crippen molar-refractivity contribution < 1.29 is 5.11 Å². The molecule has 0 aliphatic rings. The number of hydrogen-bond acceptors (Lipinski definition) is 3. The largest absolute Gasteiger partial charge is 0.507 e. The van der Waals surface area contributed by atoms with E-state index in [2.05, 4.69) is 5.18 Å². The highest BCUT2D eigenvalue weighted by Gasteiger charge is 2.10. The van der Waals surface area contributed by atoms with Gasteiger partial charge in [0.2, 0.25) is 0 Å². The smallest absolute Gasteiger partial charge is 0.126 e. The second-order valence-corrected chi connectivity index (χ2v) is 4.12. The predicted molar refractivity (Wildman–Crippen MR) is 65.3 cm³/mol. The third-order valence-corrected chi connectivity index (χ3v) is 3.01. The van der Waals surface area contributed by atoms with Crippen LogP contribution in [0.3, 0.4) is 0 Å². The Bertz CT molecular complexity index is 588. The van der Waals surface area contributed by atoms with Gasteiger partial charge < -0.3 is 5.11 Å². The van der Waals surface area contributed by atoms with Crippen molar-refractivity contribution in [1.29, 1.82) is 0 Å². The van der Waals surface area contributed by atoms with Crippen LogP contribution in [0.5, 0.6) is 5.75 Å². The van der Waals surface area contributed by atoms with Crippen molar-refractivity contribution in [1.82, 2.24) is 0 Å². The molecule has 0 aliphatic carbocycles. The number of rotatable bonds is 1. The number of aromatic hydroxyl groups is 1. The highest BCUT2D eigenvalue weighted by molar-refractivity contribution is 5.94. The van der Waals surface area contributed by atoms with Gasteiger partial charge in [-0.3, -0.25) is 0 Å². The van der Waals surface area contributed by atoms with Gasteiger partial charge in [-0.1, -0.05) is 6.07 Å². The van der Waals surface area contributed by atoms with Crippen LogP contribution in [0.4, 0.5) is 5.69 Å². The highest BCUT2D eigenvalue weighted by Crippen LogP contribution is 2.35. The molecule has 2 aromatic carbocycles. The third-order valence-electron chi connectivity index (χ3n) is 3.01. The fourth-order valence-electron chi connectivity index (χ4n) is 2.00. The Morgan fingerprint density at radius 3 is 2.38 bits per heavy atom. The molecule has 0 bridgehead atoms. The van der Waals surface area contributed by atoms with E-state index in [1.165, 1.54) is 0 Å². The standard InChI is InChI=1S/C13H13NO2/c1-7-4-10-6-11(14-16)5-8(2)12(10)13(15)9(7)3/h4-6,15H,1-3H3.